The van der Waals surface area contributed by atoms with Crippen LogP contribution in [0.2, 0.25) is 0 Å². The molecule has 1 aliphatic carbocycles. The maximum atomic E-state index is 13.0. The first-order valence-electron chi connectivity index (χ1n) is 11.5. The van der Waals surface area contributed by atoms with Gasteiger partial charge >= 0.3 is 0 Å². The van der Waals surface area contributed by atoms with Crippen molar-refractivity contribution in [3.05, 3.63) is 23.8 Å². The van der Waals surface area contributed by atoms with Gasteiger partial charge in [0.2, 0.25) is 11.8 Å². The fourth-order valence-electron chi connectivity index (χ4n) is 4.55. The fraction of sp³-hybridized carbons (Fsp3) is 0.609. The van der Waals surface area contributed by atoms with Crippen LogP contribution in [-0.2, 0) is 9.59 Å². The minimum Gasteiger partial charge on any atom is -0.366 e. The van der Waals surface area contributed by atoms with Gasteiger partial charge in [-0.2, -0.15) is 0 Å². The lowest BCUT2D eigenvalue weighted by atomic mass is 9.84. The first-order valence-corrected chi connectivity index (χ1v) is 11.5. The van der Waals surface area contributed by atoms with Gasteiger partial charge in [0.05, 0.1) is 11.4 Å². The summed E-state index contributed by atoms with van der Waals surface area (Å²) in [5.74, 6) is 0.350. The number of hydrogen-bond donors (Lipinski definition) is 2. The van der Waals surface area contributed by atoms with Gasteiger partial charge in [-0.15, -0.1) is 0 Å². The molecule has 0 aromatic heterocycles. The number of amides is 3. The van der Waals surface area contributed by atoms with Crippen LogP contribution in [0, 0.1) is 5.92 Å². The van der Waals surface area contributed by atoms with E-state index in [1.807, 2.05) is 21.9 Å². The zero-order valence-corrected chi connectivity index (χ0v) is 18.4. The van der Waals surface area contributed by atoms with Gasteiger partial charge in [-0.1, -0.05) is 6.42 Å². The summed E-state index contributed by atoms with van der Waals surface area (Å²) in [5, 5.41) is 6.22. The summed E-state index contributed by atoms with van der Waals surface area (Å²) in [7, 11) is 0. The molecule has 2 saturated heterocycles. The van der Waals surface area contributed by atoms with Crippen LogP contribution in [0.4, 0.5) is 11.4 Å². The van der Waals surface area contributed by atoms with Crippen LogP contribution in [-0.4, -0.2) is 79.9 Å². The highest BCUT2D eigenvalue weighted by atomic mass is 16.2. The van der Waals surface area contributed by atoms with Gasteiger partial charge in [-0.25, -0.2) is 0 Å². The zero-order chi connectivity index (χ0) is 21.8. The van der Waals surface area contributed by atoms with Crippen LogP contribution in [0.25, 0.3) is 0 Å². The minimum absolute atomic E-state index is 0.00207. The Bertz CT molecular complexity index is 823. The van der Waals surface area contributed by atoms with Gasteiger partial charge in [0, 0.05) is 64.2 Å². The molecule has 1 aromatic rings. The van der Waals surface area contributed by atoms with Gasteiger partial charge in [-0.05, 0) is 44.0 Å². The third-order valence-electron chi connectivity index (χ3n) is 6.57. The van der Waals surface area contributed by atoms with E-state index >= 15 is 0 Å². The zero-order valence-electron chi connectivity index (χ0n) is 18.4. The molecule has 1 saturated carbocycles. The molecule has 0 spiro atoms. The van der Waals surface area contributed by atoms with E-state index < -0.39 is 0 Å². The maximum Gasteiger partial charge on any atom is 0.253 e. The van der Waals surface area contributed by atoms with E-state index in [4.69, 9.17) is 0 Å². The SMILES string of the molecule is CC(=O)Nc1cc(C(=O)N2CCCNCC2)ccc1N1CCN(C(=O)C2CCC2)CC1. The number of carbonyl (C=O) groups is 3. The Morgan fingerprint density at radius 1 is 0.935 bits per heavy atom. The molecule has 4 rings (SSSR count). The molecule has 3 fully saturated rings. The molecule has 2 aliphatic heterocycles. The molecule has 2 heterocycles. The van der Waals surface area contributed by atoms with E-state index in [0.29, 0.717) is 36.8 Å². The fourth-order valence-corrected chi connectivity index (χ4v) is 4.55. The Morgan fingerprint density at radius 2 is 1.71 bits per heavy atom. The monoisotopic (exact) mass is 427 g/mol. The number of hydrogen-bond acceptors (Lipinski definition) is 5. The van der Waals surface area contributed by atoms with Crippen molar-refractivity contribution in [1.29, 1.82) is 0 Å². The Hall–Kier alpha value is -2.61. The first-order chi connectivity index (χ1) is 15.0. The van der Waals surface area contributed by atoms with E-state index in [1.165, 1.54) is 6.92 Å². The summed E-state index contributed by atoms with van der Waals surface area (Å²) in [6, 6.07) is 5.58. The Balaban J connectivity index is 1.47. The van der Waals surface area contributed by atoms with Crippen molar-refractivity contribution in [2.75, 3.05) is 62.6 Å². The van der Waals surface area contributed by atoms with Gasteiger partial charge in [0.25, 0.3) is 5.91 Å². The molecule has 2 N–H and O–H groups in total. The molecular formula is C23H33N5O3. The highest BCUT2D eigenvalue weighted by Gasteiger charge is 2.31. The molecule has 0 atom stereocenters. The molecule has 0 bridgehead atoms. The number of rotatable bonds is 4. The third kappa shape index (κ3) is 5.01. The predicted octanol–water partition coefficient (Wildman–Crippen LogP) is 1.53. The summed E-state index contributed by atoms with van der Waals surface area (Å²) >= 11 is 0. The Morgan fingerprint density at radius 3 is 2.39 bits per heavy atom. The standard InChI is InChI=1S/C23H33N5O3/c1-17(29)25-20-16-19(23(31)27-10-3-8-24-9-11-27)6-7-21(20)26-12-14-28(15-13-26)22(30)18-4-2-5-18/h6-7,16,18,24H,2-5,8-15H2,1H3,(H,25,29). The molecule has 0 radical (unpaired) electrons. The van der Waals surface area contributed by atoms with Crippen LogP contribution >= 0.6 is 0 Å². The van der Waals surface area contributed by atoms with Gasteiger partial charge in [-0.3, -0.25) is 14.4 Å². The summed E-state index contributed by atoms with van der Waals surface area (Å²) in [6.45, 7) is 7.45. The van der Waals surface area contributed by atoms with E-state index in [2.05, 4.69) is 15.5 Å². The summed E-state index contributed by atoms with van der Waals surface area (Å²) in [6.07, 6.45) is 4.14. The molecule has 3 amide bonds. The molecule has 8 heteroatoms. The molecule has 1 aromatic carbocycles. The second kappa shape index (κ2) is 9.68. The molecule has 0 unspecified atom stereocenters. The molecule has 8 nitrogen and oxygen atoms in total. The average Bonchev–Trinajstić information content (AvgIpc) is 3.01. The van der Waals surface area contributed by atoms with E-state index in [9.17, 15) is 14.4 Å². The quantitative estimate of drug-likeness (QED) is 0.761. The summed E-state index contributed by atoms with van der Waals surface area (Å²) in [4.78, 5) is 43.4. The Labute approximate surface area is 183 Å². The van der Waals surface area contributed by atoms with E-state index in [-0.39, 0.29) is 17.7 Å². The maximum absolute atomic E-state index is 13.0. The van der Waals surface area contributed by atoms with Gasteiger partial charge in [0.1, 0.15) is 0 Å². The largest absolute Gasteiger partial charge is 0.366 e. The second-order valence-corrected chi connectivity index (χ2v) is 8.75. The number of piperazine rings is 1. The number of anilines is 2. The van der Waals surface area contributed by atoms with Crippen LogP contribution in [0.1, 0.15) is 43.0 Å². The highest BCUT2D eigenvalue weighted by molar-refractivity contribution is 5.99. The normalized spacial score (nSPS) is 20.1. The lowest BCUT2D eigenvalue weighted by molar-refractivity contribution is -0.138. The smallest absolute Gasteiger partial charge is 0.253 e. The third-order valence-corrected chi connectivity index (χ3v) is 6.57. The molecular weight excluding hydrogens is 394 g/mol. The van der Waals surface area contributed by atoms with Crippen molar-refractivity contribution in [1.82, 2.24) is 15.1 Å². The summed E-state index contributed by atoms with van der Waals surface area (Å²) < 4.78 is 0. The minimum atomic E-state index is -0.163. The van der Waals surface area contributed by atoms with Crippen LogP contribution in [0.5, 0.6) is 0 Å². The highest BCUT2D eigenvalue weighted by Crippen LogP contribution is 2.31. The van der Waals surface area contributed by atoms with Crippen molar-refractivity contribution in [2.45, 2.75) is 32.6 Å². The topological polar surface area (TPSA) is 85.0 Å². The van der Waals surface area contributed by atoms with E-state index in [0.717, 1.165) is 64.1 Å². The molecule has 168 valence electrons. The van der Waals surface area contributed by atoms with Crippen LogP contribution < -0.4 is 15.5 Å². The van der Waals surface area contributed by atoms with Crippen molar-refractivity contribution in [3.63, 3.8) is 0 Å². The molecule has 3 aliphatic rings. The van der Waals surface area contributed by atoms with Gasteiger partial charge in [0.15, 0.2) is 0 Å². The average molecular weight is 428 g/mol. The first kappa shape index (κ1) is 21.6. The number of nitrogens with one attached hydrogen (secondary N) is 2. The Kier molecular flexibility index (Phi) is 6.75. The lowest BCUT2D eigenvalue weighted by Gasteiger charge is -2.39. The van der Waals surface area contributed by atoms with Crippen molar-refractivity contribution in [3.8, 4) is 0 Å². The number of carbonyl (C=O) groups excluding carboxylic acids is 3. The van der Waals surface area contributed by atoms with Crippen LogP contribution in [0.3, 0.4) is 0 Å². The van der Waals surface area contributed by atoms with Crippen molar-refractivity contribution < 1.29 is 14.4 Å². The van der Waals surface area contributed by atoms with Crippen molar-refractivity contribution in [2.24, 2.45) is 5.92 Å². The van der Waals surface area contributed by atoms with Gasteiger partial charge < -0.3 is 25.3 Å². The molecule has 31 heavy (non-hydrogen) atoms. The summed E-state index contributed by atoms with van der Waals surface area (Å²) in [5.41, 5.74) is 2.15. The number of nitrogens with zero attached hydrogens (tertiary/aromatic N) is 3. The van der Waals surface area contributed by atoms with E-state index in [1.54, 1.807) is 6.07 Å². The second-order valence-electron chi connectivity index (χ2n) is 8.75. The van der Waals surface area contributed by atoms with Crippen LogP contribution in [0.15, 0.2) is 18.2 Å². The van der Waals surface area contributed by atoms with Crippen molar-refractivity contribution >= 4 is 29.1 Å². The lowest BCUT2D eigenvalue weighted by Crippen LogP contribution is -2.51. The number of benzene rings is 1. The predicted molar refractivity (Wildman–Crippen MR) is 120 cm³/mol.